The topological polar surface area (TPSA) is 65.0 Å². The van der Waals surface area contributed by atoms with Crippen LogP contribution in [0.5, 0.6) is 0 Å². The first-order valence-corrected chi connectivity index (χ1v) is 5.89. The fourth-order valence-electron chi connectivity index (χ4n) is 1.08. The van der Waals surface area contributed by atoms with Crippen LogP contribution in [0.3, 0.4) is 0 Å². The van der Waals surface area contributed by atoms with Crippen molar-refractivity contribution in [3.63, 3.8) is 0 Å². The van der Waals surface area contributed by atoms with E-state index in [0.29, 0.717) is 13.0 Å². The summed E-state index contributed by atoms with van der Waals surface area (Å²) in [5.74, 6) is -0.414. The van der Waals surface area contributed by atoms with Gasteiger partial charge in [-0.3, -0.25) is 0 Å². The second-order valence-electron chi connectivity index (χ2n) is 4.66. The maximum absolute atomic E-state index is 11.3. The van der Waals surface area contributed by atoms with Crippen molar-refractivity contribution in [1.82, 2.24) is 0 Å². The van der Waals surface area contributed by atoms with Crippen LogP contribution in [0.25, 0.3) is 0 Å². The molecule has 0 fully saturated rings. The first-order chi connectivity index (χ1) is 7.87. The molecule has 5 nitrogen and oxygen atoms in total. The van der Waals surface area contributed by atoms with Gasteiger partial charge in [-0.2, -0.15) is 0 Å². The fourth-order valence-corrected chi connectivity index (χ4v) is 1.08. The zero-order valence-electron chi connectivity index (χ0n) is 11.2. The summed E-state index contributed by atoms with van der Waals surface area (Å²) in [6.45, 7) is 8.03. The SMILES string of the molecule is CC(C)OCCOC(=O)COC(C)(C)CCO. The monoisotopic (exact) mass is 248 g/mol. The Morgan fingerprint density at radius 2 is 1.94 bits per heavy atom. The molecule has 0 heterocycles. The summed E-state index contributed by atoms with van der Waals surface area (Å²) in [6, 6.07) is 0. The van der Waals surface area contributed by atoms with E-state index in [9.17, 15) is 4.79 Å². The molecule has 0 amide bonds. The molecule has 0 radical (unpaired) electrons. The third-order valence-electron chi connectivity index (χ3n) is 2.09. The van der Waals surface area contributed by atoms with Gasteiger partial charge in [-0.05, 0) is 34.1 Å². The maximum Gasteiger partial charge on any atom is 0.332 e. The predicted octanol–water partition coefficient (Wildman–Crippen LogP) is 1.13. The van der Waals surface area contributed by atoms with Crippen molar-refractivity contribution in [3.05, 3.63) is 0 Å². The van der Waals surface area contributed by atoms with Crippen LogP contribution in [-0.2, 0) is 19.0 Å². The highest BCUT2D eigenvalue weighted by atomic mass is 16.6. The van der Waals surface area contributed by atoms with E-state index in [1.807, 2.05) is 27.7 Å². The van der Waals surface area contributed by atoms with Crippen LogP contribution in [0.4, 0.5) is 0 Å². The second-order valence-corrected chi connectivity index (χ2v) is 4.66. The molecule has 0 unspecified atom stereocenters. The molecule has 0 aliphatic rings. The summed E-state index contributed by atoms with van der Waals surface area (Å²) < 4.78 is 15.5. The predicted molar refractivity (Wildman–Crippen MR) is 63.8 cm³/mol. The molecule has 0 atom stereocenters. The van der Waals surface area contributed by atoms with E-state index >= 15 is 0 Å². The van der Waals surface area contributed by atoms with E-state index in [-0.39, 0.29) is 25.9 Å². The molecule has 102 valence electrons. The number of carbonyl (C=O) groups excluding carboxylic acids is 1. The lowest BCUT2D eigenvalue weighted by atomic mass is 10.1. The highest BCUT2D eigenvalue weighted by molar-refractivity contribution is 5.70. The molecular formula is C12H24O5. The normalized spacial score (nSPS) is 11.9. The van der Waals surface area contributed by atoms with Crippen LogP contribution in [0, 0.1) is 0 Å². The molecule has 0 aromatic rings. The maximum atomic E-state index is 11.3. The number of aliphatic hydroxyl groups is 1. The molecular weight excluding hydrogens is 224 g/mol. The zero-order chi connectivity index (χ0) is 13.3. The smallest absolute Gasteiger partial charge is 0.332 e. The van der Waals surface area contributed by atoms with Gasteiger partial charge in [0.1, 0.15) is 13.2 Å². The Morgan fingerprint density at radius 1 is 1.29 bits per heavy atom. The van der Waals surface area contributed by atoms with E-state index in [1.165, 1.54) is 0 Å². The molecule has 17 heavy (non-hydrogen) atoms. The highest BCUT2D eigenvalue weighted by Crippen LogP contribution is 2.13. The van der Waals surface area contributed by atoms with Gasteiger partial charge < -0.3 is 19.3 Å². The van der Waals surface area contributed by atoms with E-state index in [0.717, 1.165) is 0 Å². The van der Waals surface area contributed by atoms with Gasteiger partial charge in [0.2, 0.25) is 0 Å². The van der Waals surface area contributed by atoms with Crippen molar-refractivity contribution in [2.24, 2.45) is 0 Å². The average molecular weight is 248 g/mol. The Hall–Kier alpha value is -0.650. The fraction of sp³-hybridized carbons (Fsp3) is 0.917. The summed E-state index contributed by atoms with van der Waals surface area (Å²) in [4.78, 5) is 11.3. The lowest BCUT2D eigenvalue weighted by Crippen LogP contribution is -2.29. The summed E-state index contributed by atoms with van der Waals surface area (Å²) in [6.07, 6.45) is 0.616. The summed E-state index contributed by atoms with van der Waals surface area (Å²) >= 11 is 0. The molecule has 5 heteroatoms. The van der Waals surface area contributed by atoms with Gasteiger partial charge >= 0.3 is 5.97 Å². The van der Waals surface area contributed by atoms with Crippen LogP contribution in [0.1, 0.15) is 34.1 Å². The van der Waals surface area contributed by atoms with Crippen molar-refractivity contribution in [3.8, 4) is 0 Å². The Morgan fingerprint density at radius 3 is 2.47 bits per heavy atom. The van der Waals surface area contributed by atoms with Crippen LogP contribution >= 0.6 is 0 Å². The Bertz CT molecular complexity index is 213. The second kappa shape index (κ2) is 8.44. The number of aliphatic hydroxyl groups excluding tert-OH is 1. The van der Waals surface area contributed by atoms with E-state index < -0.39 is 11.6 Å². The van der Waals surface area contributed by atoms with Crippen LogP contribution < -0.4 is 0 Å². The Kier molecular flexibility index (Phi) is 8.12. The summed E-state index contributed by atoms with van der Waals surface area (Å²) in [5, 5.41) is 8.78. The van der Waals surface area contributed by atoms with Gasteiger partial charge in [-0.25, -0.2) is 4.79 Å². The molecule has 0 rings (SSSR count). The Labute approximate surface area is 103 Å². The third-order valence-corrected chi connectivity index (χ3v) is 2.09. The number of esters is 1. The number of rotatable bonds is 9. The lowest BCUT2D eigenvalue weighted by Gasteiger charge is -2.23. The largest absolute Gasteiger partial charge is 0.462 e. The first-order valence-electron chi connectivity index (χ1n) is 5.89. The van der Waals surface area contributed by atoms with E-state index in [2.05, 4.69) is 0 Å². The van der Waals surface area contributed by atoms with Crippen molar-refractivity contribution in [1.29, 1.82) is 0 Å². The summed E-state index contributed by atoms with van der Waals surface area (Å²) in [5.41, 5.74) is -0.512. The van der Waals surface area contributed by atoms with Gasteiger partial charge in [-0.15, -0.1) is 0 Å². The molecule has 0 saturated heterocycles. The van der Waals surface area contributed by atoms with Crippen molar-refractivity contribution in [2.45, 2.75) is 45.8 Å². The molecule has 0 aromatic carbocycles. The minimum Gasteiger partial charge on any atom is -0.462 e. The zero-order valence-corrected chi connectivity index (χ0v) is 11.2. The van der Waals surface area contributed by atoms with Crippen molar-refractivity contribution in [2.75, 3.05) is 26.4 Å². The molecule has 0 aliphatic carbocycles. The number of ether oxygens (including phenoxy) is 3. The third kappa shape index (κ3) is 10.2. The number of hydrogen-bond acceptors (Lipinski definition) is 5. The molecule has 0 aliphatic heterocycles. The van der Waals surface area contributed by atoms with Crippen LogP contribution in [-0.4, -0.2) is 49.2 Å². The molecule has 1 N–H and O–H groups in total. The Balaban J connectivity index is 3.59. The van der Waals surface area contributed by atoms with Gasteiger partial charge in [0.05, 0.1) is 18.3 Å². The van der Waals surface area contributed by atoms with Gasteiger partial charge in [0.15, 0.2) is 0 Å². The van der Waals surface area contributed by atoms with Gasteiger partial charge in [0, 0.05) is 6.61 Å². The standard InChI is InChI=1S/C12H24O5/c1-10(2)15-7-8-16-11(14)9-17-12(3,4)5-6-13/h10,13H,5-9H2,1-4H3. The van der Waals surface area contributed by atoms with Crippen molar-refractivity contribution >= 4 is 5.97 Å². The van der Waals surface area contributed by atoms with E-state index in [1.54, 1.807) is 0 Å². The average Bonchev–Trinajstić information content (AvgIpc) is 2.21. The molecule has 0 aromatic heterocycles. The van der Waals surface area contributed by atoms with Crippen molar-refractivity contribution < 1.29 is 24.1 Å². The molecule has 0 spiro atoms. The summed E-state index contributed by atoms with van der Waals surface area (Å²) in [7, 11) is 0. The number of hydrogen-bond donors (Lipinski definition) is 1. The van der Waals surface area contributed by atoms with Gasteiger partial charge in [0.25, 0.3) is 0 Å². The first kappa shape index (κ1) is 16.4. The number of carbonyl (C=O) groups is 1. The lowest BCUT2D eigenvalue weighted by molar-refractivity contribution is -0.157. The van der Waals surface area contributed by atoms with Gasteiger partial charge in [-0.1, -0.05) is 0 Å². The van der Waals surface area contributed by atoms with Crippen LogP contribution in [0.15, 0.2) is 0 Å². The minimum atomic E-state index is -0.512. The molecule has 0 saturated carbocycles. The highest BCUT2D eigenvalue weighted by Gasteiger charge is 2.19. The van der Waals surface area contributed by atoms with Crippen LogP contribution in [0.2, 0.25) is 0 Å². The molecule has 0 bridgehead atoms. The quantitative estimate of drug-likeness (QED) is 0.489. The minimum absolute atomic E-state index is 0.0320. The van der Waals surface area contributed by atoms with E-state index in [4.69, 9.17) is 19.3 Å².